The molecule has 1 saturated carbocycles. The second-order valence-electron chi connectivity index (χ2n) is 5.26. The predicted molar refractivity (Wildman–Crippen MR) is 74.8 cm³/mol. The number of anilines is 1. The quantitative estimate of drug-likeness (QED) is 0.893. The number of aromatic nitrogens is 2. The van der Waals surface area contributed by atoms with Gasteiger partial charge in [-0.15, -0.1) is 0 Å². The standard InChI is InChI=1S/C15H19N3/c1-10-4-5-12(8-11(10)2)14-9-15(17-18(14)3)16-13-6-7-13/h4-5,8-9,13H,6-7H2,1-3H3,(H,16,17). The van der Waals surface area contributed by atoms with Crippen molar-refractivity contribution in [2.75, 3.05) is 5.32 Å². The lowest BCUT2D eigenvalue weighted by atomic mass is 10.0. The normalized spacial score (nSPS) is 14.8. The predicted octanol–water partition coefficient (Wildman–Crippen LogP) is 3.28. The summed E-state index contributed by atoms with van der Waals surface area (Å²) in [4.78, 5) is 0. The molecule has 0 aliphatic heterocycles. The topological polar surface area (TPSA) is 29.9 Å². The third-order valence-corrected chi connectivity index (χ3v) is 3.61. The monoisotopic (exact) mass is 241 g/mol. The average molecular weight is 241 g/mol. The maximum absolute atomic E-state index is 4.52. The Bertz CT molecular complexity index is 579. The molecule has 1 aliphatic carbocycles. The van der Waals surface area contributed by atoms with E-state index in [1.807, 2.05) is 11.7 Å². The Labute approximate surface area is 108 Å². The summed E-state index contributed by atoms with van der Waals surface area (Å²) in [5.74, 6) is 0.994. The van der Waals surface area contributed by atoms with Gasteiger partial charge in [0.2, 0.25) is 0 Å². The first kappa shape index (κ1) is 11.3. The second kappa shape index (κ2) is 4.16. The van der Waals surface area contributed by atoms with Gasteiger partial charge in [-0.3, -0.25) is 4.68 Å². The lowest BCUT2D eigenvalue weighted by molar-refractivity contribution is 0.776. The Morgan fingerprint density at radius 1 is 1.17 bits per heavy atom. The van der Waals surface area contributed by atoms with E-state index in [-0.39, 0.29) is 0 Å². The van der Waals surface area contributed by atoms with Crippen molar-refractivity contribution >= 4 is 5.82 Å². The smallest absolute Gasteiger partial charge is 0.148 e. The van der Waals surface area contributed by atoms with E-state index < -0.39 is 0 Å². The van der Waals surface area contributed by atoms with Gasteiger partial charge < -0.3 is 5.32 Å². The summed E-state index contributed by atoms with van der Waals surface area (Å²) in [5.41, 5.74) is 5.06. The van der Waals surface area contributed by atoms with Gasteiger partial charge in [0, 0.05) is 24.7 Å². The fraction of sp³-hybridized carbons (Fsp3) is 0.400. The summed E-state index contributed by atoms with van der Waals surface area (Å²) in [6, 6.07) is 9.36. The van der Waals surface area contributed by atoms with Gasteiger partial charge in [0.1, 0.15) is 5.82 Å². The van der Waals surface area contributed by atoms with Gasteiger partial charge in [0.05, 0.1) is 5.69 Å². The van der Waals surface area contributed by atoms with Crippen LogP contribution in [0.15, 0.2) is 24.3 Å². The van der Waals surface area contributed by atoms with Gasteiger partial charge >= 0.3 is 0 Å². The lowest BCUT2D eigenvalue weighted by Gasteiger charge is -2.05. The van der Waals surface area contributed by atoms with Crippen molar-refractivity contribution in [2.45, 2.75) is 32.7 Å². The third kappa shape index (κ3) is 2.13. The van der Waals surface area contributed by atoms with Gasteiger partial charge in [0.25, 0.3) is 0 Å². The molecule has 3 nitrogen and oxygen atoms in total. The summed E-state index contributed by atoms with van der Waals surface area (Å²) >= 11 is 0. The first-order valence-electron chi connectivity index (χ1n) is 6.51. The van der Waals surface area contributed by atoms with Crippen molar-refractivity contribution in [1.29, 1.82) is 0 Å². The number of hydrogen-bond acceptors (Lipinski definition) is 2. The molecule has 0 saturated heterocycles. The lowest BCUT2D eigenvalue weighted by Crippen LogP contribution is -2.01. The van der Waals surface area contributed by atoms with Gasteiger partial charge in [0.15, 0.2) is 0 Å². The Morgan fingerprint density at radius 2 is 1.94 bits per heavy atom. The number of nitrogens with zero attached hydrogens (tertiary/aromatic N) is 2. The molecular weight excluding hydrogens is 222 g/mol. The van der Waals surface area contributed by atoms with Crippen molar-refractivity contribution in [3.8, 4) is 11.3 Å². The van der Waals surface area contributed by atoms with Crippen LogP contribution >= 0.6 is 0 Å². The minimum Gasteiger partial charge on any atom is -0.366 e. The molecule has 3 rings (SSSR count). The zero-order chi connectivity index (χ0) is 12.7. The van der Waals surface area contributed by atoms with E-state index in [4.69, 9.17) is 0 Å². The average Bonchev–Trinajstić information content (AvgIpc) is 3.06. The van der Waals surface area contributed by atoms with E-state index in [0.29, 0.717) is 6.04 Å². The van der Waals surface area contributed by atoms with Crippen LogP contribution < -0.4 is 5.32 Å². The number of nitrogens with one attached hydrogen (secondary N) is 1. The van der Waals surface area contributed by atoms with Crippen LogP contribution in [-0.4, -0.2) is 15.8 Å². The zero-order valence-electron chi connectivity index (χ0n) is 11.2. The van der Waals surface area contributed by atoms with Gasteiger partial charge in [-0.1, -0.05) is 12.1 Å². The molecule has 2 aromatic rings. The van der Waals surface area contributed by atoms with Crippen LogP contribution in [-0.2, 0) is 7.05 Å². The molecule has 1 aromatic heterocycles. The molecule has 0 radical (unpaired) electrons. The number of rotatable bonds is 3. The van der Waals surface area contributed by atoms with Crippen LogP contribution in [0.5, 0.6) is 0 Å². The molecule has 0 atom stereocenters. The van der Waals surface area contributed by atoms with Crippen LogP contribution in [0.2, 0.25) is 0 Å². The summed E-state index contributed by atoms with van der Waals surface area (Å²) in [6.07, 6.45) is 2.55. The second-order valence-corrected chi connectivity index (χ2v) is 5.26. The van der Waals surface area contributed by atoms with E-state index in [2.05, 4.69) is 48.5 Å². The molecule has 0 amide bonds. The summed E-state index contributed by atoms with van der Waals surface area (Å²) in [6.45, 7) is 4.29. The number of benzene rings is 1. The van der Waals surface area contributed by atoms with Gasteiger partial charge in [-0.05, 0) is 43.9 Å². The maximum Gasteiger partial charge on any atom is 0.148 e. The van der Waals surface area contributed by atoms with Crippen LogP contribution in [0.3, 0.4) is 0 Å². The highest BCUT2D eigenvalue weighted by Crippen LogP contribution is 2.28. The molecule has 0 unspecified atom stereocenters. The Morgan fingerprint density at radius 3 is 2.61 bits per heavy atom. The SMILES string of the molecule is Cc1ccc(-c2cc(NC3CC3)nn2C)cc1C. The molecular formula is C15H19N3. The fourth-order valence-corrected chi connectivity index (χ4v) is 2.15. The van der Waals surface area contributed by atoms with Crippen LogP contribution in [0.4, 0.5) is 5.82 Å². The van der Waals surface area contributed by atoms with E-state index in [1.165, 1.54) is 35.2 Å². The Hall–Kier alpha value is -1.77. The van der Waals surface area contributed by atoms with Gasteiger partial charge in [-0.25, -0.2) is 0 Å². The molecule has 1 N–H and O–H groups in total. The molecule has 94 valence electrons. The summed E-state index contributed by atoms with van der Waals surface area (Å²) in [5, 5.41) is 7.97. The Balaban J connectivity index is 1.94. The molecule has 1 aliphatic rings. The summed E-state index contributed by atoms with van der Waals surface area (Å²) < 4.78 is 1.95. The van der Waals surface area contributed by atoms with Crippen molar-refractivity contribution in [1.82, 2.24) is 9.78 Å². The van der Waals surface area contributed by atoms with E-state index in [1.54, 1.807) is 0 Å². The molecule has 0 spiro atoms. The van der Waals surface area contributed by atoms with Crippen LogP contribution in [0, 0.1) is 13.8 Å². The fourth-order valence-electron chi connectivity index (χ4n) is 2.15. The van der Waals surface area contributed by atoms with Gasteiger partial charge in [-0.2, -0.15) is 5.10 Å². The van der Waals surface area contributed by atoms with Crippen molar-refractivity contribution < 1.29 is 0 Å². The minimum atomic E-state index is 0.646. The van der Waals surface area contributed by atoms with E-state index >= 15 is 0 Å². The van der Waals surface area contributed by atoms with Crippen LogP contribution in [0.25, 0.3) is 11.3 Å². The highest BCUT2D eigenvalue weighted by molar-refractivity contribution is 5.65. The Kier molecular flexibility index (Phi) is 2.62. The highest BCUT2D eigenvalue weighted by Gasteiger charge is 2.22. The maximum atomic E-state index is 4.52. The van der Waals surface area contributed by atoms with Crippen molar-refractivity contribution in [3.63, 3.8) is 0 Å². The largest absolute Gasteiger partial charge is 0.366 e. The van der Waals surface area contributed by atoms with E-state index in [0.717, 1.165) is 5.82 Å². The third-order valence-electron chi connectivity index (χ3n) is 3.61. The molecule has 3 heteroatoms. The minimum absolute atomic E-state index is 0.646. The number of hydrogen-bond donors (Lipinski definition) is 1. The summed E-state index contributed by atoms with van der Waals surface area (Å²) in [7, 11) is 2.00. The first-order chi connectivity index (χ1) is 8.63. The zero-order valence-corrected chi connectivity index (χ0v) is 11.2. The molecule has 1 fully saturated rings. The highest BCUT2D eigenvalue weighted by atomic mass is 15.3. The molecule has 1 aromatic carbocycles. The van der Waals surface area contributed by atoms with E-state index in [9.17, 15) is 0 Å². The van der Waals surface area contributed by atoms with Crippen molar-refractivity contribution in [2.24, 2.45) is 7.05 Å². The molecule has 0 bridgehead atoms. The van der Waals surface area contributed by atoms with Crippen molar-refractivity contribution in [3.05, 3.63) is 35.4 Å². The molecule has 1 heterocycles. The first-order valence-corrected chi connectivity index (χ1v) is 6.51. The van der Waals surface area contributed by atoms with Crippen LogP contribution in [0.1, 0.15) is 24.0 Å². The number of aryl methyl sites for hydroxylation is 3. The molecule has 18 heavy (non-hydrogen) atoms.